The summed E-state index contributed by atoms with van der Waals surface area (Å²) >= 11 is 0. The zero-order valence-electron chi connectivity index (χ0n) is 14.4. The monoisotopic (exact) mass is 332 g/mol. The number of ether oxygens (including phenoxy) is 1. The fraction of sp³-hybridized carbons (Fsp3) is 0.444. The maximum Gasteiger partial charge on any atom is 0.326 e. The smallest absolute Gasteiger partial charge is 0.326 e. The van der Waals surface area contributed by atoms with Gasteiger partial charge in [0.05, 0.1) is 6.10 Å². The molecular weight excluding hydrogens is 308 g/mol. The summed E-state index contributed by atoms with van der Waals surface area (Å²) in [4.78, 5) is 26.7. The minimum absolute atomic E-state index is 0.0187. The van der Waals surface area contributed by atoms with Crippen LogP contribution >= 0.6 is 0 Å². The van der Waals surface area contributed by atoms with Crippen LogP contribution in [-0.4, -0.2) is 34.1 Å². The van der Waals surface area contributed by atoms with E-state index in [2.05, 4.69) is 10.3 Å². The summed E-state index contributed by atoms with van der Waals surface area (Å²) in [6, 6.07) is 6.32. The number of aliphatic carboxylic acids is 1. The van der Waals surface area contributed by atoms with Crippen molar-refractivity contribution < 1.29 is 19.4 Å². The van der Waals surface area contributed by atoms with Crippen molar-refractivity contribution in [3.8, 4) is 5.75 Å². The lowest BCUT2D eigenvalue weighted by Crippen LogP contribution is -2.41. The van der Waals surface area contributed by atoms with Gasteiger partial charge in [-0.15, -0.1) is 0 Å². The van der Waals surface area contributed by atoms with E-state index in [1.54, 1.807) is 6.07 Å². The van der Waals surface area contributed by atoms with Gasteiger partial charge in [0.2, 0.25) is 0 Å². The third kappa shape index (κ3) is 4.28. The Morgan fingerprint density at radius 1 is 1.25 bits per heavy atom. The van der Waals surface area contributed by atoms with Gasteiger partial charge in [-0.05, 0) is 44.4 Å². The highest BCUT2D eigenvalue weighted by Crippen LogP contribution is 2.27. The zero-order valence-corrected chi connectivity index (χ0v) is 14.4. The molecular formula is C18H24N2O4. The molecule has 1 aromatic carbocycles. The lowest BCUT2D eigenvalue weighted by Gasteiger charge is -2.15. The maximum absolute atomic E-state index is 12.4. The average Bonchev–Trinajstić information content (AvgIpc) is 2.90. The first-order valence-corrected chi connectivity index (χ1v) is 8.10. The van der Waals surface area contributed by atoms with Crippen LogP contribution in [0.2, 0.25) is 0 Å². The summed E-state index contributed by atoms with van der Waals surface area (Å²) in [7, 11) is 0. The fourth-order valence-corrected chi connectivity index (χ4v) is 2.54. The largest absolute Gasteiger partial charge is 0.490 e. The number of hydrogen-bond acceptors (Lipinski definition) is 3. The van der Waals surface area contributed by atoms with Gasteiger partial charge in [-0.3, -0.25) is 4.79 Å². The van der Waals surface area contributed by atoms with Gasteiger partial charge in [0.15, 0.2) is 0 Å². The van der Waals surface area contributed by atoms with Crippen LogP contribution in [0.5, 0.6) is 5.75 Å². The van der Waals surface area contributed by atoms with Crippen molar-refractivity contribution in [1.82, 2.24) is 10.3 Å². The molecule has 0 unspecified atom stereocenters. The minimum atomic E-state index is -1.03. The van der Waals surface area contributed by atoms with Gasteiger partial charge >= 0.3 is 5.97 Å². The predicted octanol–water partition coefficient (Wildman–Crippen LogP) is 3.18. The molecule has 3 N–H and O–H groups in total. The van der Waals surface area contributed by atoms with E-state index in [9.17, 15) is 14.7 Å². The van der Waals surface area contributed by atoms with Gasteiger partial charge in [-0.25, -0.2) is 4.79 Å². The molecule has 6 heteroatoms. The first-order chi connectivity index (χ1) is 11.3. The number of benzene rings is 1. The van der Waals surface area contributed by atoms with Crippen LogP contribution < -0.4 is 10.1 Å². The molecule has 0 aliphatic rings. The topological polar surface area (TPSA) is 91.4 Å². The van der Waals surface area contributed by atoms with Crippen molar-refractivity contribution >= 4 is 22.8 Å². The highest BCUT2D eigenvalue weighted by atomic mass is 16.5. The van der Waals surface area contributed by atoms with Gasteiger partial charge in [-0.2, -0.15) is 0 Å². The number of carboxylic acids is 1. The quantitative estimate of drug-likeness (QED) is 0.726. The second-order valence-corrected chi connectivity index (χ2v) is 6.56. The van der Waals surface area contributed by atoms with E-state index in [-0.39, 0.29) is 12.0 Å². The number of aromatic amines is 1. The van der Waals surface area contributed by atoms with Crippen LogP contribution in [0.3, 0.4) is 0 Å². The second-order valence-electron chi connectivity index (χ2n) is 6.56. The Bertz CT molecular complexity index is 734. The molecule has 1 atom stereocenters. The number of aromatic nitrogens is 1. The number of fused-ring (bicyclic) bond motifs is 1. The number of carbonyl (C=O) groups is 2. The number of amides is 1. The molecule has 2 rings (SSSR count). The van der Waals surface area contributed by atoms with Gasteiger partial charge in [0.25, 0.3) is 5.91 Å². The van der Waals surface area contributed by atoms with E-state index in [0.717, 1.165) is 10.9 Å². The third-order valence-electron chi connectivity index (χ3n) is 3.54. The molecule has 0 aliphatic heterocycles. The molecule has 0 bridgehead atoms. The summed E-state index contributed by atoms with van der Waals surface area (Å²) in [5.41, 5.74) is 1.09. The van der Waals surface area contributed by atoms with Gasteiger partial charge in [0.1, 0.15) is 17.5 Å². The summed E-state index contributed by atoms with van der Waals surface area (Å²) in [6.07, 6.45) is 0.397. The first kappa shape index (κ1) is 17.8. The number of H-pyrrole nitrogens is 1. The number of nitrogens with one attached hydrogen (secondary N) is 2. The van der Waals surface area contributed by atoms with Crippen LogP contribution in [-0.2, 0) is 4.79 Å². The Labute approximate surface area is 141 Å². The average molecular weight is 332 g/mol. The molecule has 0 radical (unpaired) electrons. The van der Waals surface area contributed by atoms with Crippen LogP contribution in [0.4, 0.5) is 0 Å². The number of hydrogen-bond donors (Lipinski definition) is 3. The SMILES string of the molecule is CC(C)C[C@H](NC(=O)c1cc2c(OC(C)C)cccc2[nH]1)C(=O)O. The minimum Gasteiger partial charge on any atom is -0.490 e. The molecule has 24 heavy (non-hydrogen) atoms. The summed E-state index contributed by atoms with van der Waals surface area (Å²) in [6.45, 7) is 7.70. The summed E-state index contributed by atoms with van der Waals surface area (Å²) in [5, 5.41) is 12.6. The molecule has 1 heterocycles. The van der Waals surface area contributed by atoms with Gasteiger partial charge in [-0.1, -0.05) is 19.9 Å². The summed E-state index contributed by atoms with van der Waals surface area (Å²) < 4.78 is 5.75. The molecule has 1 amide bonds. The van der Waals surface area contributed by atoms with Crippen molar-refractivity contribution in [2.24, 2.45) is 5.92 Å². The van der Waals surface area contributed by atoms with Crippen molar-refractivity contribution in [1.29, 1.82) is 0 Å². The van der Waals surface area contributed by atoms with E-state index in [0.29, 0.717) is 17.9 Å². The van der Waals surface area contributed by atoms with Crippen molar-refractivity contribution in [3.63, 3.8) is 0 Å². The van der Waals surface area contributed by atoms with E-state index in [1.165, 1.54) is 0 Å². The third-order valence-corrected chi connectivity index (χ3v) is 3.54. The Morgan fingerprint density at radius 2 is 1.96 bits per heavy atom. The highest BCUT2D eigenvalue weighted by Gasteiger charge is 2.23. The molecule has 1 aromatic heterocycles. The van der Waals surface area contributed by atoms with Crippen molar-refractivity contribution in [3.05, 3.63) is 30.0 Å². The van der Waals surface area contributed by atoms with Crippen LogP contribution in [0.15, 0.2) is 24.3 Å². The van der Waals surface area contributed by atoms with Crippen LogP contribution in [0.25, 0.3) is 10.9 Å². The molecule has 2 aromatic rings. The first-order valence-electron chi connectivity index (χ1n) is 8.10. The fourth-order valence-electron chi connectivity index (χ4n) is 2.54. The Balaban J connectivity index is 2.25. The lowest BCUT2D eigenvalue weighted by atomic mass is 10.0. The maximum atomic E-state index is 12.4. The number of carboxylic acid groups (broad SMARTS) is 1. The lowest BCUT2D eigenvalue weighted by molar-refractivity contribution is -0.139. The molecule has 6 nitrogen and oxygen atoms in total. The van der Waals surface area contributed by atoms with E-state index in [1.807, 2.05) is 45.9 Å². The molecule has 0 fully saturated rings. The van der Waals surface area contributed by atoms with Gasteiger partial charge < -0.3 is 20.1 Å². The Kier molecular flexibility index (Phi) is 5.49. The normalized spacial score (nSPS) is 12.6. The highest BCUT2D eigenvalue weighted by molar-refractivity contribution is 6.01. The molecule has 0 saturated heterocycles. The van der Waals surface area contributed by atoms with E-state index < -0.39 is 17.9 Å². The van der Waals surface area contributed by atoms with E-state index >= 15 is 0 Å². The Hall–Kier alpha value is -2.50. The molecule has 0 saturated carbocycles. The number of carbonyl (C=O) groups excluding carboxylic acids is 1. The van der Waals surface area contributed by atoms with Crippen LogP contribution in [0, 0.1) is 5.92 Å². The zero-order chi connectivity index (χ0) is 17.9. The van der Waals surface area contributed by atoms with Crippen molar-refractivity contribution in [2.75, 3.05) is 0 Å². The van der Waals surface area contributed by atoms with Gasteiger partial charge in [0, 0.05) is 10.9 Å². The predicted molar refractivity (Wildman–Crippen MR) is 92.4 cm³/mol. The van der Waals surface area contributed by atoms with E-state index in [4.69, 9.17) is 4.74 Å². The standard InChI is InChI=1S/C18H24N2O4/c1-10(2)8-15(18(22)23)20-17(21)14-9-12-13(19-14)6-5-7-16(12)24-11(3)4/h5-7,9-11,15,19H,8H2,1-4H3,(H,20,21)(H,22,23)/t15-/m0/s1. The Morgan fingerprint density at radius 3 is 2.54 bits per heavy atom. The molecule has 0 aliphatic carbocycles. The second kappa shape index (κ2) is 7.38. The van der Waals surface area contributed by atoms with Crippen LogP contribution in [0.1, 0.15) is 44.6 Å². The van der Waals surface area contributed by atoms with Crippen molar-refractivity contribution in [2.45, 2.75) is 46.3 Å². The molecule has 0 spiro atoms. The summed E-state index contributed by atoms with van der Waals surface area (Å²) in [5.74, 6) is -0.610. The molecule has 130 valence electrons. The number of rotatable bonds is 7.